The fraction of sp³-hybridized carbons (Fsp3) is 0.500. The summed E-state index contributed by atoms with van der Waals surface area (Å²) in [7, 11) is 1.55. The van der Waals surface area contributed by atoms with Crippen LogP contribution < -0.4 is 4.74 Å². The lowest BCUT2D eigenvalue weighted by molar-refractivity contribution is 0.195. The van der Waals surface area contributed by atoms with Crippen molar-refractivity contribution in [2.24, 2.45) is 0 Å². The first-order chi connectivity index (χ1) is 8.15. The van der Waals surface area contributed by atoms with Crippen LogP contribution in [-0.2, 0) is 0 Å². The molecule has 0 fully saturated rings. The second-order valence-electron chi connectivity index (χ2n) is 3.87. The second kappa shape index (κ2) is 4.80. The molecule has 2 heterocycles. The predicted octanol–water partition coefficient (Wildman–Crippen LogP) is 1.41. The lowest BCUT2D eigenvalue weighted by Gasteiger charge is -2.15. The fourth-order valence-electron chi connectivity index (χ4n) is 1.62. The Balaban J connectivity index is 2.45. The molecular weight excluding hydrogens is 240 g/mol. The van der Waals surface area contributed by atoms with E-state index in [2.05, 4.69) is 14.7 Å². The highest BCUT2D eigenvalue weighted by Gasteiger charge is 2.24. The van der Waals surface area contributed by atoms with E-state index in [4.69, 9.17) is 4.74 Å². The van der Waals surface area contributed by atoms with E-state index in [0.29, 0.717) is 17.1 Å². The Labute approximate surface area is 103 Å². The number of aliphatic hydroxyl groups excluding tert-OH is 1. The van der Waals surface area contributed by atoms with Gasteiger partial charge in [-0.3, -0.25) is 4.68 Å². The van der Waals surface area contributed by atoms with Crippen LogP contribution in [0.15, 0.2) is 11.6 Å². The summed E-state index contributed by atoms with van der Waals surface area (Å²) in [6, 6.07) is 0.134. The van der Waals surface area contributed by atoms with Crippen molar-refractivity contribution in [2.45, 2.75) is 26.0 Å². The van der Waals surface area contributed by atoms with Gasteiger partial charge in [0.1, 0.15) is 17.5 Å². The van der Waals surface area contributed by atoms with Gasteiger partial charge in [0.15, 0.2) is 5.75 Å². The maximum Gasteiger partial charge on any atom is 0.163 e. The van der Waals surface area contributed by atoms with Crippen molar-refractivity contribution < 1.29 is 9.84 Å². The molecule has 0 amide bonds. The predicted molar refractivity (Wildman–Crippen MR) is 63.1 cm³/mol. The Kier molecular flexibility index (Phi) is 3.39. The third-order valence-electron chi connectivity index (χ3n) is 2.42. The summed E-state index contributed by atoms with van der Waals surface area (Å²) >= 11 is 1.20. The van der Waals surface area contributed by atoms with Crippen LogP contribution >= 0.6 is 11.5 Å². The number of nitrogens with zero attached hydrogens (tertiary/aromatic N) is 4. The van der Waals surface area contributed by atoms with E-state index in [1.165, 1.54) is 11.5 Å². The maximum atomic E-state index is 10.3. The molecule has 92 valence electrons. The van der Waals surface area contributed by atoms with Crippen LogP contribution in [0.25, 0.3) is 0 Å². The standard InChI is InChI=1S/C10H14N4O2S/c1-6(2)14-9(8(16-3)4-11-14)10(15)7-5-17-13-12-7/h4-6,10,15H,1-3H3. The molecule has 1 N–H and O–H groups in total. The molecule has 2 aromatic rings. The first-order valence-electron chi connectivity index (χ1n) is 5.21. The number of aromatic nitrogens is 4. The number of aliphatic hydroxyl groups is 1. The minimum absolute atomic E-state index is 0.134. The van der Waals surface area contributed by atoms with Crippen molar-refractivity contribution in [1.82, 2.24) is 19.4 Å². The number of hydrogen-bond donors (Lipinski definition) is 1. The Hall–Kier alpha value is -1.47. The molecule has 0 aliphatic heterocycles. The SMILES string of the molecule is COc1cnn(C(C)C)c1C(O)c1csnn1. The van der Waals surface area contributed by atoms with Crippen LogP contribution in [0.3, 0.4) is 0 Å². The molecule has 17 heavy (non-hydrogen) atoms. The molecule has 0 aromatic carbocycles. The van der Waals surface area contributed by atoms with Gasteiger partial charge in [-0.05, 0) is 25.4 Å². The monoisotopic (exact) mass is 254 g/mol. The van der Waals surface area contributed by atoms with Crippen LogP contribution in [0.5, 0.6) is 5.75 Å². The molecule has 7 heteroatoms. The molecule has 6 nitrogen and oxygen atoms in total. The minimum Gasteiger partial charge on any atom is -0.493 e. The number of rotatable bonds is 4. The molecule has 0 saturated heterocycles. The van der Waals surface area contributed by atoms with Gasteiger partial charge in [0.05, 0.1) is 13.3 Å². The van der Waals surface area contributed by atoms with Gasteiger partial charge in [-0.2, -0.15) is 5.10 Å². The van der Waals surface area contributed by atoms with Crippen molar-refractivity contribution in [3.8, 4) is 5.75 Å². The Morgan fingerprint density at radius 3 is 2.76 bits per heavy atom. The van der Waals surface area contributed by atoms with Crippen molar-refractivity contribution in [3.63, 3.8) is 0 Å². The average molecular weight is 254 g/mol. The molecule has 2 rings (SSSR count). The molecule has 0 spiro atoms. The van der Waals surface area contributed by atoms with Gasteiger partial charge in [-0.25, -0.2) is 0 Å². The molecule has 0 aliphatic carbocycles. The summed E-state index contributed by atoms with van der Waals surface area (Å²) in [5, 5.41) is 20.1. The summed E-state index contributed by atoms with van der Waals surface area (Å²) in [6.45, 7) is 3.98. The van der Waals surface area contributed by atoms with E-state index in [-0.39, 0.29) is 6.04 Å². The summed E-state index contributed by atoms with van der Waals surface area (Å²) in [5.41, 5.74) is 1.12. The first-order valence-corrected chi connectivity index (χ1v) is 6.05. The lowest BCUT2D eigenvalue weighted by atomic mass is 10.2. The highest BCUT2D eigenvalue weighted by Crippen LogP contribution is 2.30. The zero-order valence-corrected chi connectivity index (χ0v) is 10.7. The second-order valence-corrected chi connectivity index (χ2v) is 4.48. The highest BCUT2D eigenvalue weighted by atomic mass is 32.1. The Morgan fingerprint density at radius 2 is 2.24 bits per heavy atom. The Bertz CT molecular complexity index is 480. The molecule has 0 saturated carbocycles. The van der Waals surface area contributed by atoms with Crippen LogP contribution in [0, 0.1) is 0 Å². The summed E-state index contributed by atoms with van der Waals surface area (Å²) in [5.74, 6) is 0.555. The van der Waals surface area contributed by atoms with Gasteiger partial charge in [-0.1, -0.05) is 4.49 Å². The zero-order valence-electron chi connectivity index (χ0n) is 9.86. The number of ether oxygens (including phenoxy) is 1. The van der Waals surface area contributed by atoms with Crippen LogP contribution in [0.1, 0.15) is 37.4 Å². The van der Waals surface area contributed by atoms with E-state index < -0.39 is 6.10 Å². The maximum absolute atomic E-state index is 10.3. The van der Waals surface area contributed by atoms with Crippen LogP contribution in [0.4, 0.5) is 0 Å². The van der Waals surface area contributed by atoms with E-state index in [0.717, 1.165) is 0 Å². The van der Waals surface area contributed by atoms with Gasteiger partial charge in [-0.15, -0.1) is 5.10 Å². The molecule has 0 radical (unpaired) electrons. The lowest BCUT2D eigenvalue weighted by Crippen LogP contribution is -2.13. The van der Waals surface area contributed by atoms with Gasteiger partial charge < -0.3 is 9.84 Å². The molecule has 2 aromatic heterocycles. The molecule has 0 bridgehead atoms. The first kappa shape index (κ1) is 12.0. The van der Waals surface area contributed by atoms with E-state index in [1.54, 1.807) is 23.4 Å². The minimum atomic E-state index is -0.867. The van der Waals surface area contributed by atoms with Gasteiger partial charge in [0.25, 0.3) is 0 Å². The molecule has 1 atom stereocenters. The topological polar surface area (TPSA) is 73.1 Å². The van der Waals surface area contributed by atoms with Crippen molar-refractivity contribution >= 4 is 11.5 Å². The van der Waals surface area contributed by atoms with Crippen molar-refractivity contribution in [1.29, 1.82) is 0 Å². The van der Waals surface area contributed by atoms with Crippen molar-refractivity contribution in [2.75, 3.05) is 7.11 Å². The zero-order chi connectivity index (χ0) is 12.4. The van der Waals surface area contributed by atoms with Crippen LogP contribution in [0.2, 0.25) is 0 Å². The third-order valence-corrected chi connectivity index (χ3v) is 2.95. The van der Waals surface area contributed by atoms with Gasteiger partial charge >= 0.3 is 0 Å². The molecule has 0 aliphatic rings. The van der Waals surface area contributed by atoms with E-state index in [1.807, 2.05) is 13.8 Å². The number of methoxy groups -OCH3 is 1. The molecule has 1 unspecified atom stereocenters. The summed E-state index contributed by atoms with van der Waals surface area (Å²) < 4.78 is 10.7. The normalized spacial score (nSPS) is 13.0. The number of hydrogen-bond acceptors (Lipinski definition) is 6. The smallest absolute Gasteiger partial charge is 0.163 e. The van der Waals surface area contributed by atoms with Crippen molar-refractivity contribution in [3.05, 3.63) is 23.0 Å². The summed E-state index contributed by atoms with van der Waals surface area (Å²) in [4.78, 5) is 0. The quantitative estimate of drug-likeness (QED) is 0.893. The van der Waals surface area contributed by atoms with Crippen LogP contribution in [-0.4, -0.2) is 31.6 Å². The van der Waals surface area contributed by atoms with E-state index >= 15 is 0 Å². The summed E-state index contributed by atoms with van der Waals surface area (Å²) in [6.07, 6.45) is 0.729. The largest absolute Gasteiger partial charge is 0.493 e. The van der Waals surface area contributed by atoms with E-state index in [9.17, 15) is 5.11 Å². The fourth-order valence-corrected chi connectivity index (χ4v) is 2.09. The third kappa shape index (κ3) is 2.16. The highest BCUT2D eigenvalue weighted by molar-refractivity contribution is 7.03. The van der Waals surface area contributed by atoms with Gasteiger partial charge in [0, 0.05) is 11.4 Å². The average Bonchev–Trinajstić information content (AvgIpc) is 2.96. The molecular formula is C10H14N4O2S. The Morgan fingerprint density at radius 1 is 1.47 bits per heavy atom. The van der Waals surface area contributed by atoms with Gasteiger partial charge in [0.2, 0.25) is 0 Å².